The summed E-state index contributed by atoms with van der Waals surface area (Å²) < 4.78 is 26.7. The topological polar surface area (TPSA) is 65.4 Å². The number of hydrogen-bond acceptors (Lipinski definition) is 4. The lowest BCUT2D eigenvalue weighted by molar-refractivity contribution is -0.121. The van der Waals surface area contributed by atoms with E-state index in [2.05, 4.69) is 10.3 Å². The molecular weight excluding hydrogens is 373 g/mol. The average molecular weight is 397 g/mol. The van der Waals surface area contributed by atoms with E-state index in [4.69, 9.17) is 9.47 Å². The number of fused-ring (bicyclic) bond motifs is 2. The molecule has 0 saturated carbocycles. The maximum atomic E-state index is 13.5. The van der Waals surface area contributed by atoms with Crippen LogP contribution in [0, 0.1) is 12.7 Å². The molecule has 0 radical (unpaired) electrons. The van der Waals surface area contributed by atoms with Crippen LogP contribution in [0.3, 0.4) is 0 Å². The van der Waals surface area contributed by atoms with E-state index >= 15 is 0 Å². The van der Waals surface area contributed by atoms with Gasteiger partial charge in [-0.05, 0) is 24.6 Å². The van der Waals surface area contributed by atoms with E-state index in [1.807, 2.05) is 43.5 Å². The number of nitrogens with one attached hydrogen (secondary N) is 1. The molecule has 6 nitrogen and oxygen atoms in total. The average Bonchev–Trinajstić information content (AvgIpc) is 2.99. The summed E-state index contributed by atoms with van der Waals surface area (Å²) in [6, 6.07) is 10.2. The maximum absolute atomic E-state index is 13.5. The number of amides is 1. The number of carbonyl (C=O) groups is 1. The van der Waals surface area contributed by atoms with Crippen molar-refractivity contribution in [3.05, 3.63) is 53.6 Å². The van der Waals surface area contributed by atoms with E-state index in [0.29, 0.717) is 31.3 Å². The van der Waals surface area contributed by atoms with E-state index in [-0.39, 0.29) is 18.3 Å². The number of hydrogen-bond donors (Lipinski definition) is 1. The van der Waals surface area contributed by atoms with Crippen LogP contribution in [0.2, 0.25) is 0 Å². The summed E-state index contributed by atoms with van der Waals surface area (Å²) in [7, 11) is 0. The fourth-order valence-corrected chi connectivity index (χ4v) is 3.51. The van der Waals surface area contributed by atoms with Crippen molar-refractivity contribution in [2.24, 2.45) is 0 Å². The number of ether oxygens (including phenoxy) is 2. The van der Waals surface area contributed by atoms with E-state index in [9.17, 15) is 9.18 Å². The summed E-state index contributed by atoms with van der Waals surface area (Å²) in [5.74, 6) is 1.66. The Labute approximate surface area is 168 Å². The molecule has 2 heterocycles. The first-order valence-corrected chi connectivity index (χ1v) is 9.63. The molecule has 29 heavy (non-hydrogen) atoms. The zero-order chi connectivity index (χ0) is 20.6. The lowest BCUT2D eigenvalue weighted by Gasteiger charge is -2.26. The highest BCUT2D eigenvalue weighted by Gasteiger charge is 2.23. The second-order valence-corrected chi connectivity index (χ2v) is 7.90. The lowest BCUT2D eigenvalue weighted by atomic mass is 9.84. The maximum Gasteiger partial charge on any atom is 0.240 e. The van der Waals surface area contributed by atoms with Crippen molar-refractivity contribution < 1.29 is 18.7 Å². The van der Waals surface area contributed by atoms with Crippen LogP contribution in [0.25, 0.3) is 11.0 Å². The van der Waals surface area contributed by atoms with Crippen molar-refractivity contribution in [3.8, 4) is 11.5 Å². The molecular formula is C22H24FN3O3. The molecule has 152 valence electrons. The van der Waals surface area contributed by atoms with Gasteiger partial charge in [-0.15, -0.1) is 0 Å². The molecule has 1 aromatic heterocycles. The molecule has 2 aromatic carbocycles. The fraction of sp³-hybridized carbons (Fsp3) is 0.364. The van der Waals surface area contributed by atoms with Gasteiger partial charge in [0.2, 0.25) is 5.91 Å². The van der Waals surface area contributed by atoms with Gasteiger partial charge in [-0.25, -0.2) is 9.37 Å². The Bertz CT molecular complexity index is 1070. The summed E-state index contributed by atoms with van der Waals surface area (Å²) in [4.78, 5) is 17.2. The molecule has 1 aliphatic heterocycles. The molecule has 0 bridgehead atoms. The van der Waals surface area contributed by atoms with Crippen LogP contribution < -0.4 is 14.8 Å². The Kier molecular flexibility index (Phi) is 4.90. The predicted molar refractivity (Wildman–Crippen MR) is 108 cm³/mol. The Morgan fingerprint density at radius 1 is 1.21 bits per heavy atom. The van der Waals surface area contributed by atoms with Crippen LogP contribution in [0.5, 0.6) is 11.5 Å². The molecule has 1 N–H and O–H groups in total. The number of nitrogens with zero attached hydrogens (tertiary/aromatic N) is 2. The molecule has 1 aliphatic rings. The minimum atomic E-state index is -0.395. The lowest BCUT2D eigenvalue weighted by Crippen LogP contribution is -2.38. The fourth-order valence-electron chi connectivity index (χ4n) is 3.51. The Morgan fingerprint density at radius 3 is 2.66 bits per heavy atom. The molecule has 1 amide bonds. The largest absolute Gasteiger partial charge is 0.486 e. The van der Waals surface area contributed by atoms with Gasteiger partial charge in [0.15, 0.2) is 11.5 Å². The van der Waals surface area contributed by atoms with E-state index in [0.717, 1.165) is 22.4 Å². The third-order valence-corrected chi connectivity index (χ3v) is 5.24. The van der Waals surface area contributed by atoms with E-state index in [1.54, 1.807) is 6.07 Å². The standard InChI is InChI=1S/C22H24FN3O3/c1-14-25-17-10-19-20(29-8-7-28-19)11-18(17)26(14)12-21(27)24-13-22(2,3)15-5-4-6-16(23)9-15/h4-6,9-11H,7-8,12-13H2,1-3H3,(H,24,27). The minimum Gasteiger partial charge on any atom is -0.486 e. The van der Waals surface area contributed by atoms with Crippen LogP contribution in [-0.2, 0) is 16.8 Å². The molecule has 7 heteroatoms. The first kappa shape index (κ1) is 19.2. The number of imidazole rings is 1. The Morgan fingerprint density at radius 2 is 1.93 bits per heavy atom. The molecule has 0 saturated heterocycles. The van der Waals surface area contributed by atoms with E-state index in [1.165, 1.54) is 12.1 Å². The van der Waals surface area contributed by atoms with Crippen molar-refractivity contribution in [3.63, 3.8) is 0 Å². The number of aromatic nitrogens is 2. The van der Waals surface area contributed by atoms with Gasteiger partial charge in [-0.2, -0.15) is 0 Å². The van der Waals surface area contributed by atoms with Gasteiger partial charge in [-0.3, -0.25) is 4.79 Å². The summed E-state index contributed by atoms with van der Waals surface area (Å²) in [6.07, 6.45) is 0. The van der Waals surface area contributed by atoms with Crippen molar-refractivity contribution in [2.75, 3.05) is 19.8 Å². The first-order chi connectivity index (χ1) is 13.8. The zero-order valence-electron chi connectivity index (χ0n) is 16.8. The van der Waals surface area contributed by atoms with Crippen molar-refractivity contribution in [1.82, 2.24) is 14.9 Å². The predicted octanol–water partition coefficient (Wildman–Crippen LogP) is 3.35. The quantitative estimate of drug-likeness (QED) is 0.717. The van der Waals surface area contributed by atoms with Gasteiger partial charge >= 0.3 is 0 Å². The number of carbonyl (C=O) groups excluding carboxylic acids is 1. The Hall–Kier alpha value is -3.09. The normalized spacial score (nSPS) is 13.5. The zero-order valence-corrected chi connectivity index (χ0v) is 16.8. The molecule has 3 aromatic rings. The molecule has 0 aliphatic carbocycles. The van der Waals surface area contributed by atoms with Gasteiger partial charge in [0.1, 0.15) is 31.4 Å². The molecule has 0 fully saturated rings. The summed E-state index contributed by atoms with van der Waals surface area (Å²) >= 11 is 0. The first-order valence-electron chi connectivity index (χ1n) is 9.63. The third-order valence-electron chi connectivity index (χ3n) is 5.24. The highest BCUT2D eigenvalue weighted by atomic mass is 19.1. The number of benzene rings is 2. The molecule has 4 rings (SSSR count). The van der Waals surface area contributed by atoms with Gasteiger partial charge in [0, 0.05) is 24.1 Å². The minimum absolute atomic E-state index is 0.133. The van der Waals surface area contributed by atoms with Crippen LogP contribution >= 0.6 is 0 Å². The second kappa shape index (κ2) is 7.39. The van der Waals surface area contributed by atoms with Crippen LogP contribution in [-0.4, -0.2) is 35.2 Å². The summed E-state index contributed by atoms with van der Waals surface area (Å²) in [5.41, 5.74) is 2.03. The molecule has 0 atom stereocenters. The highest BCUT2D eigenvalue weighted by molar-refractivity contribution is 5.83. The third kappa shape index (κ3) is 3.90. The van der Waals surface area contributed by atoms with E-state index < -0.39 is 5.41 Å². The second-order valence-electron chi connectivity index (χ2n) is 7.90. The summed E-state index contributed by atoms with van der Waals surface area (Å²) in [5, 5.41) is 2.97. The van der Waals surface area contributed by atoms with Crippen LogP contribution in [0.1, 0.15) is 25.2 Å². The number of halogens is 1. The van der Waals surface area contributed by atoms with Gasteiger partial charge in [0.05, 0.1) is 11.0 Å². The monoisotopic (exact) mass is 397 g/mol. The molecule has 0 spiro atoms. The highest BCUT2D eigenvalue weighted by Crippen LogP contribution is 2.34. The Balaban J connectivity index is 1.49. The van der Waals surface area contributed by atoms with Gasteiger partial charge in [0.25, 0.3) is 0 Å². The summed E-state index contributed by atoms with van der Waals surface area (Å²) in [6.45, 7) is 7.37. The van der Waals surface area contributed by atoms with Crippen LogP contribution in [0.4, 0.5) is 4.39 Å². The number of rotatable bonds is 5. The number of aryl methyl sites for hydroxylation is 1. The smallest absolute Gasteiger partial charge is 0.240 e. The molecule has 0 unspecified atom stereocenters. The van der Waals surface area contributed by atoms with Gasteiger partial charge < -0.3 is 19.4 Å². The SMILES string of the molecule is Cc1nc2cc3c(cc2n1CC(=O)NCC(C)(C)c1cccc(F)c1)OCCO3. The van der Waals surface area contributed by atoms with Crippen molar-refractivity contribution >= 4 is 16.9 Å². The van der Waals surface area contributed by atoms with Crippen LogP contribution in [0.15, 0.2) is 36.4 Å². The van der Waals surface area contributed by atoms with Crippen molar-refractivity contribution in [2.45, 2.75) is 32.7 Å². The van der Waals surface area contributed by atoms with Gasteiger partial charge in [-0.1, -0.05) is 26.0 Å². The van der Waals surface area contributed by atoms with Crippen molar-refractivity contribution in [1.29, 1.82) is 0 Å².